The highest BCUT2D eigenvalue weighted by Gasteiger charge is 2.69. The van der Waals surface area contributed by atoms with Gasteiger partial charge in [-0.25, -0.2) is 0 Å². The smallest absolute Gasteiger partial charge is 0.0532 e. The molecule has 0 aromatic rings. The van der Waals surface area contributed by atoms with Gasteiger partial charge in [-0.1, -0.05) is 46.1 Å². The molecule has 16 heavy (non-hydrogen) atoms. The van der Waals surface area contributed by atoms with E-state index < -0.39 is 0 Å². The molecule has 1 saturated carbocycles. The molecular weight excluding hydrogens is 194 g/mol. The molecule has 1 N–H and O–H groups in total. The lowest BCUT2D eigenvalue weighted by molar-refractivity contribution is 0.403. The van der Waals surface area contributed by atoms with E-state index in [0.29, 0.717) is 0 Å². The van der Waals surface area contributed by atoms with Crippen molar-refractivity contribution in [1.82, 2.24) is 5.32 Å². The summed E-state index contributed by atoms with van der Waals surface area (Å²) in [6.45, 7) is 15.1. The normalized spacial score (nSPS) is 33.4. The van der Waals surface area contributed by atoms with Crippen molar-refractivity contribution >= 4 is 0 Å². The van der Waals surface area contributed by atoms with Crippen molar-refractivity contribution in [2.24, 2.45) is 5.41 Å². The minimum absolute atomic E-state index is 0.0803. The number of allylic oxidation sites excluding steroid dienone is 2. The molecule has 1 aliphatic rings. The molecule has 1 rings (SSSR count). The third kappa shape index (κ3) is 1.41. The van der Waals surface area contributed by atoms with Crippen molar-refractivity contribution in [3.63, 3.8) is 0 Å². The average Bonchev–Trinajstić information content (AvgIpc) is 2.86. The average molecular weight is 219 g/mol. The number of rotatable bonds is 6. The molecule has 0 heterocycles. The van der Waals surface area contributed by atoms with E-state index in [0.717, 1.165) is 19.3 Å². The van der Waals surface area contributed by atoms with E-state index in [1.165, 1.54) is 11.1 Å². The lowest BCUT2D eigenvalue weighted by Crippen LogP contribution is -2.34. The zero-order valence-corrected chi connectivity index (χ0v) is 11.2. The summed E-state index contributed by atoms with van der Waals surface area (Å²) in [6, 6.07) is 0. The Morgan fingerprint density at radius 3 is 2.25 bits per heavy atom. The molecule has 2 atom stereocenters. The topological polar surface area (TPSA) is 12.0 Å². The van der Waals surface area contributed by atoms with Crippen LogP contribution in [0.5, 0.6) is 0 Å². The highest BCUT2D eigenvalue weighted by atomic mass is 15.1. The predicted molar refractivity (Wildman–Crippen MR) is 72.5 cm³/mol. The van der Waals surface area contributed by atoms with Gasteiger partial charge in [0.2, 0.25) is 0 Å². The van der Waals surface area contributed by atoms with E-state index >= 15 is 0 Å². The first-order valence-corrected chi connectivity index (χ1v) is 6.32. The second-order valence-corrected chi connectivity index (χ2v) is 4.58. The van der Waals surface area contributed by atoms with E-state index in [9.17, 15) is 0 Å². The Balaban J connectivity index is 3.03. The van der Waals surface area contributed by atoms with E-state index in [1.807, 2.05) is 7.05 Å². The van der Waals surface area contributed by atoms with Crippen molar-refractivity contribution in [2.75, 3.05) is 7.05 Å². The van der Waals surface area contributed by atoms with Gasteiger partial charge in [0.25, 0.3) is 0 Å². The molecule has 90 valence electrons. The largest absolute Gasteiger partial charge is 0.310 e. The van der Waals surface area contributed by atoms with Crippen LogP contribution in [0.4, 0.5) is 0 Å². The second kappa shape index (κ2) is 4.58. The zero-order chi connectivity index (χ0) is 12.4. The minimum Gasteiger partial charge on any atom is -0.310 e. The van der Waals surface area contributed by atoms with Crippen molar-refractivity contribution in [2.45, 2.75) is 45.6 Å². The Hall–Kier alpha value is -0.820. The Bertz CT molecular complexity index is 320. The molecule has 1 heteroatoms. The molecule has 1 nitrogen and oxygen atoms in total. The number of nitrogens with one attached hydrogen (secondary N) is 1. The van der Waals surface area contributed by atoms with Gasteiger partial charge in [0.1, 0.15) is 0 Å². The Labute approximate surface area is 100 Å². The lowest BCUT2D eigenvalue weighted by atomic mass is 9.86. The summed E-state index contributed by atoms with van der Waals surface area (Å²) >= 11 is 0. The number of hydrogen-bond donors (Lipinski definition) is 1. The molecule has 0 aromatic carbocycles. The minimum atomic E-state index is 0.0803. The zero-order valence-electron chi connectivity index (χ0n) is 11.2. The highest BCUT2D eigenvalue weighted by Crippen LogP contribution is 2.68. The third-order valence-corrected chi connectivity index (χ3v) is 4.29. The van der Waals surface area contributed by atoms with Crippen LogP contribution < -0.4 is 5.32 Å². The van der Waals surface area contributed by atoms with E-state index in [4.69, 9.17) is 0 Å². The van der Waals surface area contributed by atoms with Crippen LogP contribution in [0.3, 0.4) is 0 Å². The Morgan fingerprint density at radius 2 is 1.94 bits per heavy atom. The molecule has 0 saturated heterocycles. The molecule has 1 aliphatic carbocycles. The van der Waals surface area contributed by atoms with E-state index in [-0.39, 0.29) is 11.0 Å². The summed E-state index contributed by atoms with van der Waals surface area (Å²) in [5, 5.41) is 3.46. The second-order valence-electron chi connectivity index (χ2n) is 4.58. The molecule has 1 fully saturated rings. The summed E-state index contributed by atoms with van der Waals surface area (Å²) in [5.74, 6) is 0. The summed E-state index contributed by atoms with van der Waals surface area (Å²) in [5.41, 5.74) is 2.68. The maximum absolute atomic E-state index is 4.26. The fraction of sp³-hybridized carbons (Fsp3) is 0.600. The van der Waals surface area contributed by atoms with Gasteiger partial charge in [0.15, 0.2) is 0 Å². The van der Waals surface area contributed by atoms with Gasteiger partial charge in [-0.3, -0.25) is 0 Å². The Kier molecular flexibility index (Phi) is 3.80. The number of hydrogen-bond acceptors (Lipinski definition) is 1. The molecule has 0 aromatic heterocycles. The van der Waals surface area contributed by atoms with Crippen molar-refractivity contribution < 1.29 is 0 Å². The SMILES string of the molecule is C=C(/C=C\CC)C1(CC)C(=C)C1(CC)NC. The molecular formula is C15H25N. The fourth-order valence-corrected chi connectivity index (χ4v) is 3.26. The van der Waals surface area contributed by atoms with Crippen LogP contribution in [0.1, 0.15) is 40.0 Å². The van der Waals surface area contributed by atoms with Gasteiger partial charge < -0.3 is 5.32 Å². The third-order valence-electron chi connectivity index (χ3n) is 4.29. The summed E-state index contributed by atoms with van der Waals surface area (Å²) in [6.07, 6.45) is 7.57. The van der Waals surface area contributed by atoms with Gasteiger partial charge in [0.05, 0.1) is 5.54 Å². The monoisotopic (exact) mass is 219 g/mol. The quantitative estimate of drug-likeness (QED) is 0.528. The van der Waals surface area contributed by atoms with Gasteiger partial charge in [-0.05, 0) is 37.5 Å². The maximum atomic E-state index is 4.26. The molecule has 0 amide bonds. The van der Waals surface area contributed by atoms with Crippen LogP contribution >= 0.6 is 0 Å². The van der Waals surface area contributed by atoms with Gasteiger partial charge in [-0.2, -0.15) is 0 Å². The van der Waals surface area contributed by atoms with Gasteiger partial charge in [-0.15, -0.1) is 0 Å². The van der Waals surface area contributed by atoms with Crippen molar-refractivity contribution in [3.8, 4) is 0 Å². The summed E-state index contributed by atoms with van der Waals surface area (Å²) in [7, 11) is 2.03. The molecule has 0 aliphatic heterocycles. The van der Waals surface area contributed by atoms with Crippen molar-refractivity contribution in [3.05, 3.63) is 36.5 Å². The van der Waals surface area contributed by atoms with Crippen LogP contribution in [0.2, 0.25) is 0 Å². The van der Waals surface area contributed by atoms with E-state index in [1.54, 1.807) is 0 Å². The summed E-state index contributed by atoms with van der Waals surface area (Å²) in [4.78, 5) is 0. The number of likely N-dealkylation sites (N-methyl/N-ethyl adjacent to an activating group) is 1. The van der Waals surface area contributed by atoms with Crippen LogP contribution in [-0.2, 0) is 0 Å². The van der Waals surface area contributed by atoms with E-state index in [2.05, 4.69) is 51.4 Å². The van der Waals surface area contributed by atoms with Crippen molar-refractivity contribution in [1.29, 1.82) is 0 Å². The molecule has 0 spiro atoms. The molecule has 2 unspecified atom stereocenters. The van der Waals surface area contributed by atoms with Crippen LogP contribution in [0, 0.1) is 5.41 Å². The Morgan fingerprint density at radius 1 is 1.31 bits per heavy atom. The van der Waals surface area contributed by atoms with Crippen LogP contribution in [0.25, 0.3) is 0 Å². The fourth-order valence-electron chi connectivity index (χ4n) is 3.26. The van der Waals surface area contributed by atoms with Crippen LogP contribution in [0.15, 0.2) is 36.5 Å². The molecule has 0 radical (unpaired) electrons. The van der Waals surface area contributed by atoms with Gasteiger partial charge >= 0.3 is 0 Å². The standard InChI is InChI=1S/C15H25N/c1-7-10-11-12(4)14(8-2)13(5)15(14,9-3)16-6/h10-11,16H,4-5,7-9H2,1-3,6H3/b11-10-. The molecule has 0 bridgehead atoms. The first-order valence-electron chi connectivity index (χ1n) is 6.32. The lowest BCUT2D eigenvalue weighted by Gasteiger charge is -2.23. The maximum Gasteiger partial charge on any atom is 0.0532 e. The van der Waals surface area contributed by atoms with Gasteiger partial charge in [0, 0.05) is 5.41 Å². The summed E-state index contributed by atoms with van der Waals surface area (Å²) < 4.78 is 0. The predicted octanol–water partition coefficient (Wildman–Crippen LogP) is 3.84. The first-order chi connectivity index (χ1) is 7.57. The van der Waals surface area contributed by atoms with Crippen LogP contribution in [-0.4, -0.2) is 12.6 Å². The first kappa shape index (κ1) is 13.2. The highest BCUT2D eigenvalue weighted by molar-refractivity contribution is 5.60.